The highest BCUT2D eigenvalue weighted by atomic mass is 79.9. The SMILES string of the molecule is Cc1cc(F)ccc1CC(=O)c1ccc(Br)s1. The average Bonchev–Trinajstić information content (AvgIpc) is 2.69. The summed E-state index contributed by atoms with van der Waals surface area (Å²) < 4.78 is 13.9. The Labute approximate surface area is 111 Å². The first-order valence-corrected chi connectivity index (χ1v) is 6.71. The second-order valence-electron chi connectivity index (χ2n) is 3.77. The molecule has 0 amide bonds. The summed E-state index contributed by atoms with van der Waals surface area (Å²) in [4.78, 5) is 12.7. The molecule has 1 heterocycles. The Balaban J connectivity index is 2.18. The van der Waals surface area contributed by atoms with Gasteiger partial charge in [0, 0.05) is 6.42 Å². The molecule has 1 aromatic heterocycles. The van der Waals surface area contributed by atoms with Gasteiger partial charge in [0.2, 0.25) is 0 Å². The van der Waals surface area contributed by atoms with Gasteiger partial charge in [-0.25, -0.2) is 4.39 Å². The summed E-state index contributed by atoms with van der Waals surface area (Å²) in [6.07, 6.45) is 0.319. The van der Waals surface area contributed by atoms with Crippen molar-refractivity contribution in [2.75, 3.05) is 0 Å². The van der Waals surface area contributed by atoms with Gasteiger partial charge in [-0.3, -0.25) is 4.79 Å². The monoisotopic (exact) mass is 312 g/mol. The lowest BCUT2D eigenvalue weighted by Crippen LogP contribution is -2.03. The summed E-state index contributed by atoms with van der Waals surface area (Å²) in [5, 5.41) is 0. The molecule has 0 atom stereocenters. The van der Waals surface area contributed by atoms with E-state index in [4.69, 9.17) is 0 Å². The van der Waals surface area contributed by atoms with E-state index in [9.17, 15) is 9.18 Å². The van der Waals surface area contributed by atoms with Gasteiger partial charge in [-0.1, -0.05) is 6.07 Å². The topological polar surface area (TPSA) is 17.1 Å². The molecule has 0 saturated carbocycles. The molecular formula is C13H10BrFOS. The fraction of sp³-hybridized carbons (Fsp3) is 0.154. The molecule has 4 heteroatoms. The van der Waals surface area contributed by atoms with E-state index < -0.39 is 0 Å². The molecule has 1 aromatic carbocycles. The molecule has 1 nitrogen and oxygen atoms in total. The zero-order chi connectivity index (χ0) is 12.4. The molecule has 0 radical (unpaired) electrons. The van der Waals surface area contributed by atoms with E-state index in [2.05, 4.69) is 15.9 Å². The van der Waals surface area contributed by atoms with Crippen molar-refractivity contribution >= 4 is 33.0 Å². The van der Waals surface area contributed by atoms with Gasteiger partial charge >= 0.3 is 0 Å². The van der Waals surface area contributed by atoms with Crippen LogP contribution in [0.25, 0.3) is 0 Å². The van der Waals surface area contributed by atoms with Crippen molar-refractivity contribution in [1.29, 1.82) is 0 Å². The zero-order valence-electron chi connectivity index (χ0n) is 9.17. The van der Waals surface area contributed by atoms with Gasteiger partial charge in [0.25, 0.3) is 0 Å². The predicted molar refractivity (Wildman–Crippen MR) is 71.2 cm³/mol. The minimum atomic E-state index is -0.266. The van der Waals surface area contributed by atoms with E-state index in [1.807, 2.05) is 13.0 Å². The maximum atomic E-state index is 12.9. The largest absolute Gasteiger partial charge is 0.293 e. The van der Waals surface area contributed by atoms with Gasteiger partial charge in [0.1, 0.15) is 5.82 Å². The first kappa shape index (κ1) is 12.5. The van der Waals surface area contributed by atoms with Gasteiger partial charge in [0.15, 0.2) is 5.78 Å². The Bertz CT molecular complexity index is 562. The second-order valence-corrected chi connectivity index (χ2v) is 6.24. The van der Waals surface area contributed by atoms with Crippen molar-refractivity contribution < 1.29 is 9.18 Å². The molecule has 88 valence electrons. The Morgan fingerprint density at radius 3 is 2.71 bits per heavy atom. The third kappa shape index (κ3) is 3.01. The van der Waals surface area contributed by atoms with Crippen molar-refractivity contribution in [3.63, 3.8) is 0 Å². The van der Waals surface area contributed by atoms with Crippen LogP contribution in [0, 0.1) is 12.7 Å². The Kier molecular flexibility index (Phi) is 3.74. The lowest BCUT2D eigenvalue weighted by molar-refractivity contribution is 0.0996. The number of carbonyl (C=O) groups is 1. The maximum Gasteiger partial charge on any atom is 0.177 e. The quantitative estimate of drug-likeness (QED) is 0.768. The van der Waals surface area contributed by atoms with Crippen LogP contribution in [0.2, 0.25) is 0 Å². The van der Waals surface area contributed by atoms with Gasteiger partial charge in [-0.15, -0.1) is 11.3 Å². The molecule has 0 unspecified atom stereocenters. The zero-order valence-corrected chi connectivity index (χ0v) is 11.6. The molecule has 2 aromatic rings. The van der Waals surface area contributed by atoms with E-state index in [1.165, 1.54) is 23.5 Å². The highest BCUT2D eigenvalue weighted by Gasteiger charge is 2.11. The molecule has 0 saturated heterocycles. The minimum Gasteiger partial charge on any atom is -0.293 e. The minimum absolute atomic E-state index is 0.0652. The number of benzene rings is 1. The number of rotatable bonds is 3. The van der Waals surface area contributed by atoms with E-state index in [0.717, 1.165) is 19.8 Å². The Hall–Kier alpha value is -1.000. The molecule has 2 rings (SSSR count). The van der Waals surface area contributed by atoms with Crippen LogP contribution in [0.5, 0.6) is 0 Å². The van der Waals surface area contributed by atoms with Crippen LogP contribution < -0.4 is 0 Å². The first-order valence-electron chi connectivity index (χ1n) is 5.10. The molecule has 0 spiro atoms. The second kappa shape index (κ2) is 5.10. The van der Waals surface area contributed by atoms with Gasteiger partial charge in [-0.05, 0) is 58.2 Å². The number of thiophene rings is 1. The molecule has 0 N–H and O–H groups in total. The lowest BCUT2D eigenvalue weighted by atomic mass is 10.0. The number of aryl methyl sites for hydroxylation is 1. The summed E-state index contributed by atoms with van der Waals surface area (Å²) in [5.74, 6) is -0.201. The lowest BCUT2D eigenvalue weighted by Gasteiger charge is -2.04. The van der Waals surface area contributed by atoms with Crippen LogP contribution >= 0.6 is 27.3 Å². The first-order chi connectivity index (χ1) is 8.06. The third-order valence-corrected chi connectivity index (χ3v) is 4.17. The van der Waals surface area contributed by atoms with Crippen LogP contribution in [0.1, 0.15) is 20.8 Å². The normalized spacial score (nSPS) is 10.5. The molecule has 0 bridgehead atoms. The Morgan fingerprint density at radius 1 is 1.35 bits per heavy atom. The van der Waals surface area contributed by atoms with Crippen molar-refractivity contribution in [2.24, 2.45) is 0 Å². The molecule has 0 aliphatic heterocycles. The standard InChI is InChI=1S/C13H10BrFOS/c1-8-6-10(15)3-2-9(8)7-11(16)12-4-5-13(14)17-12/h2-6H,7H2,1H3. The summed E-state index contributed by atoms with van der Waals surface area (Å²) in [6, 6.07) is 8.17. The van der Waals surface area contributed by atoms with Crippen molar-refractivity contribution in [3.8, 4) is 0 Å². The summed E-state index contributed by atoms with van der Waals surface area (Å²) in [6.45, 7) is 1.82. The highest BCUT2D eigenvalue weighted by molar-refractivity contribution is 9.11. The average molecular weight is 313 g/mol. The molecule has 0 aliphatic carbocycles. The fourth-order valence-electron chi connectivity index (χ4n) is 1.58. The summed E-state index contributed by atoms with van der Waals surface area (Å²) in [5.41, 5.74) is 1.69. The Morgan fingerprint density at radius 2 is 2.12 bits per heavy atom. The number of carbonyl (C=O) groups excluding carboxylic acids is 1. The van der Waals surface area contributed by atoms with Crippen LogP contribution in [0.15, 0.2) is 34.1 Å². The maximum absolute atomic E-state index is 12.9. The van der Waals surface area contributed by atoms with Crippen molar-refractivity contribution in [3.05, 3.63) is 55.9 Å². The number of halogens is 2. The fourth-order valence-corrected chi connectivity index (χ4v) is 2.91. The number of Topliss-reactive ketones (excluding diaryl/α,β-unsaturated/α-hetero) is 1. The number of ketones is 1. The molecular weight excluding hydrogens is 303 g/mol. The number of hydrogen-bond acceptors (Lipinski definition) is 2. The van der Waals surface area contributed by atoms with Crippen molar-refractivity contribution in [1.82, 2.24) is 0 Å². The molecule has 17 heavy (non-hydrogen) atoms. The molecule has 0 fully saturated rings. The third-order valence-electron chi connectivity index (χ3n) is 2.50. The van der Waals surface area contributed by atoms with E-state index >= 15 is 0 Å². The number of hydrogen-bond donors (Lipinski definition) is 0. The summed E-state index contributed by atoms with van der Waals surface area (Å²) in [7, 11) is 0. The van der Waals surface area contributed by atoms with E-state index in [0.29, 0.717) is 6.42 Å². The van der Waals surface area contributed by atoms with E-state index in [-0.39, 0.29) is 11.6 Å². The van der Waals surface area contributed by atoms with Crippen molar-refractivity contribution in [2.45, 2.75) is 13.3 Å². The van der Waals surface area contributed by atoms with Gasteiger partial charge < -0.3 is 0 Å². The molecule has 0 aliphatic rings. The van der Waals surface area contributed by atoms with E-state index in [1.54, 1.807) is 12.1 Å². The van der Waals surface area contributed by atoms with Crippen LogP contribution in [0.4, 0.5) is 4.39 Å². The summed E-state index contributed by atoms with van der Waals surface area (Å²) >= 11 is 4.74. The predicted octanol–water partition coefficient (Wildman–Crippen LogP) is 4.38. The van der Waals surface area contributed by atoms with Gasteiger partial charge in [-0.2, -0.15) is 0 Å². The van der Waals surface area contributed by atoms with Crippen LogP contribution in [-0.2, 0) is 6.42 Å². The highest BCUT2D eigenvalue weighted by Crippen LogP contribution is 2.24. The van der Waals surface area contributed by atoms with Crippen LogP contribution in [-0.4, -0.2) is 5.78 Å². The van der Waals surface area contributed by atoms with Crippen LogP contribution in [0.3, 0.4) is 0 Å². The van der Waals surface area contributed by atoms with Gasteiger partial charge in [0.05, 0.1) is 8.66 Å². The smallest absolute Gasteiger partial charge is 0.177 e.